The highest BCUT2D eigenvalue weighted by Crippen LogP contribution is 2.30. The van der Waals surface area contributed by atoms with Gasteiger partial charge in [0.2, 0.25) is 0 Å². The van der Waals surface area contributed by atoms with Gasteiger partial charge in [0.05, 0.1) is 12.6 Å². The SMILES string of the molecule is CNCc1c(-c2ccc(OC)cc2)cn2ccccc12. The van der Waals surface area contributed by atoms with E-state index < -0.39 is 0 Å². The van der Waals surface area contributed by atoms with E-state index in [2.05, 4.69) is 46.4 Å². The average Bonchev–Trinajstić information content (AvgIpc) is 2.87. The van der Waals surface area contributed by atoms with Gasteiger partial charge in [-0.2, -0.15) is 0 Å². The van der Waals surface area contributed by atoms with Crippen molar-refractivity contribution in [1.29, 1.82) is 0 Å². The van der Waals surface area contributed by atoms with Gasteiger partial charge in [-0.05, 0) is 42.4 Å². The lowest BCUT2D eigenvalue weighted by molar-refractivity contribution is 0.415. The summed E-state index contributed by atoms with van der Waals surface area (Å²) in [6.45, 7) is 0.849. The van der Waals surface area contributed by atoms with Crippen LogP contribution in [0.2, 0.25) is 0 Å². The van der Waals surface area contributed by atoms with E-state index in [4.69, 9.17) is 4.74 Å². The molecular weight excluding hydrogens is 248 g/mol. The summed E-state index contributed by atoms with van der Waals surface area (Å²) in [4.78, 5) is 0. The maximum absolute atomic E-state index is 5.22. The molecule has 20 heavy (non-hydrogen) atoms. The second kappa shape index (κ2) is 5.39. The van der Waals surface area contributed by atoms with Crippen LogP contribution in [0.3, 0.4) is 0 Å². The molecule has 0 fully saturated rings. The summed E-state index contributed by atoms with van der Waals surface area (Å²) in [5.74, 6) is 0.882. The fourth-order valence-corrected chi connectivity index (χ4v) is 2.56. The van der Waals surface area contributed by atoms with E-state index in [0.29, 0.717) is 0 Å². The van der Waals surface area contributed by atoms with E-state index in [-0.39, 0.29) is 0 Å². The maximum atomic E-state index is 5.22. The summed E-state index contributed by atoms with van der Waals surface area (Å²) in [5.41, 5.74) is 5.03. The molecule has 0 unspecified atom stereocenters. The van der Waals surface area contributed by atoms with E-state index in [1.54, 1.807) is 7.11 Å². The highest BCUT2D eigenvalue weighted by atomic mass is 16.5. The first kappa shape index (κ1) is 12.8. The van der Waals surface area contributed by atoms with Gasteiger partial charge in [0, 0.05) is 24.5 Å². The van der Waals surface area contributed by atoms with Crippen molar-refractivity contribution >= 4 is 5.52 Å². The molecule has 0 aliphatic rings. The Morgan fingerprint density at radius 2 is 1.90 bits per heavy atom. The van der Waals surface area contributed by atoms with Gasteiger partial charge in [0.1, 0.15) is 5.75 Å². The van der Waals surface area contributed by atoms with Crippen molar-refractivity contribution in [1.82, 2.24) is 9.72 Å². The van der Waals surface area contributed by atoms with Crippen LogP contribution in [-0.2, 0) is 6.54 Å². The van der Waals surface area contributed by atoms with Gasteiger partial charge in [0.25, 0.3) is 0 Å². The van der Waals surface area contributed by atoms with E-state index >= 15 is 0 Å². The van der Waals surface area contributed by atoms with Gasteiger partial charge in [-0.15, -0.1) is 0 Å². The predicted octanol–water partition coefficient (Wildman–Crippen LogP) is 3.33. The van der Waals surface area contributed by atoms with Gasteiger partial charge in [-0.1, -0.05) is 18.2 Å². The Kier molecular flexibility index (Phi) is 3.44. The monoisotopic (exact) mass is 266 g/mol. The number of fused-ring (bicyclic) bond motifs is 1. The minimum atomic E-state index is 0.849. The summed E-state index contributed by atoms with van der Waals surface area (Å²) in [5, 5.41) is 3.26. The Labute approximate surface area is 118 Å². The van der Waals surface area contributed by atoms with Crippen LogP contribution in [0, 0.1) is 0 Å². The van der Waals surface area contributed by atoms with Crippen LogP contribution in [0.5, 0.6) is 5.75 Å². The fraction of sp³-hybridized carbons (Fsp3) is 0.176. The molecule has 0 aliphatic heterocycles. The molecule has 0 atom stereocenters. The van der Waals surface area contributed by atoms with Gasteiger partial charge in [0.15, 0.2) is 0 Å². The van der Waals surface area contributed by atoms with E-state index in [0.717, 1.165) is 12.3 Å². The van der Waals surface area contributed by atoms with Crippen molar-refractivity contribution in [2.45, 2.75) is 6.54 Å². The van der Waals surface area contributed by atoms with Crippen molar-refractivity contribution < 1.29 is 4.74 Å². The molecule has 0 radical (unpaired) electrons. The zero-order valence-corrected chi connectivity index (χ0v) is 11.8. The Balaban J connectivity index is 2.15. The zero-order valence-electron chi connectivity index (χ0n) is 11.8. The third-order valence-corrected chi connectivity index (χ3v) is 3.55. The lowest BCUT2D eigenvalue weighted by atomic mass is 10.0. The second-order valence-corrected chi connectivity index (χ2v) is 4.77. The molecule has 3 nitrogen and oxygen atoms in total. The number of hydrogen-bond donors (Lipinski definition) is 1. The fourth-order valence-electron chi connectivity index (χ4n) is 2.56. The lowest BCUT2D eigenvalue weighted by Crippen LogP contribution is -2.05. The minimum absolute atomic E-state index is 0.849. The van der Waals surface area contributed by atoms with Crippen LogP contribution in [0.15, 0.2) is 54.9 Å². The standard InChI is InChI=1S/C17H18N2O/c1-18-11-15-16(12-19-10-4-3-5-17(15)19)13-6-8-14(20-2)9-7-13/h3-10,12,18H,11H2,1-2H3. The molecule has 3 heteroatoms. The smallest absolute Gasteiger partial charge is 0.118 e. The first-order chi connectivity index (χ1) is 9.83. The minimum Gasteiger partial charge on any atom is -0.497 e. The molecule has 0 bridgehead atoms. The number of nitrogens with zero attached hydrogens (tertiary/aromatic N) is 1. The highest BCUT2D eigenvalue weighted by molar-refractivity contribution is 5.77. The molecule has 0 saturated heterocycles. The van der Waals surface area contributed by atoms with Crippen LogP contribution < -0.4 is 10.1 Å². The molecular formula is C17H18N2O. The lowest BCUT2D eigenvalue weighted by Gasteiger charge is -2.05. The van der Waals surface area contributed by atoms with Crippen LogP contribution >= 0.6 is 0 Å². The largest absolute Gasteiger partial charge is 0.497 e. The summed E-state index contributed by atoms with van der Waals surface area (Å²) < 4.78 is 7.40. The van der Waals surface area contributed by atoms with Crippen LogP contribution in [0.25, 0.3) is 16.6 Å². The number of hydrogen-bond acceptors (Lipinski definition) is 2. The van der Waals surface area contributed by atoms with E-state index in [9.17, 15) is 0 Å². The van der Waals surface area contributed by atoms with Gasteiger partial charge in [-0.3, -0.25) is 0 Å². The quantitative estimate of drug-likeness (QED) is 0.783. The van der Waals surface area contributed by atoms with Crippen molar-refractivity contribution in [3.05, 3.63) is 60.4 Å². The number of benzene rings is 1. The topological polar surface area (TPSA) is 25.7 Å². The number of rotatable bonds is 4. The Morgan fingerprint density at radius 3 is 2.60 bits per heavy atom. The van der Waals surface area contributed by atoms with Gasteiger partial charge < -0.3 is 14.5 Å². The number of pyridine rings is 1. The van der Waals surface area contributed by atoms with Crippen LogP contribution in [-0.4, -0.2) is 18.6 Å². The molecule has 3 aromatic rings. The zero-order chi connectivity index (χ0) is 13.9. The molecule has 102 valence electrons. The van der Waals surface area contributed by atoms with Crippen LogP contribution in [0.4, 0.5) is 0 Å². The second-order valence-electron chi connectivity index (χ2n) is 4.77. The predicted molar refractivity (Wildman–Crippen MR) is 82.1 cm³/mol. The molecule has 0 amide bonds. The number of aromatic nitrogens is 1. The van der Waals surface area contributed by atoms with Crippen molar-refractivity contribution in [3.63, 3.8) is 0 Å². The Bertz CT molecular complexity index is 713. The molecule has 3 rings (SSSR count). The molecule has 0 saturated carbocycles. The summed E-state index contributed by atoms with van der Waals surface area (Å²) >= 11 is 0. The van der Waals surface area contributed by atoms with Crippen molar-refractivity contribution in [2.24, 2.45) is 0 Å². The molecule has 2 heterocycles. The Morgan fingerprint density at radius 1 is 1.10 bits per heavy atom. The summed E-state index contributed by atoms with van der Waals surface area (Å²) in [6, 6.07) is 14.5. The normalized spacial score (nSPS) is 10.9. The van der Waals surface area contributed by atoms with E-state index in [1.807, 2.05) is 25.2 Å². The van der Waals surface area contributed by atoms with Gasteiger partial charge >= 0.3 is 0 Å². The first-order valence-corrected chi connectivity index (χ1v) is 6.71. The maximum Gasteiger partial charge on any atom is 0.118 e. The summed E-state index contributed by atoms with van der Waals surface area (Å²) in [6.07, 6.45) is 4.27. The van der Waals surface area contributed by atoms with E-state index in [1.165, 1.54) is 22.2 Å². The number of nitrogens with one attached hydrogen (secondary N) is 1. The number of ether oxygens (including phenoxy) is 1. The highest BCUT2D eigenvalue weighted by Gasteiger charge is 2.11. The van der Waals surface area contributed by atoms with Crippen molar-refractivity contribution in [2.75, 3.05) is 14.2 Å². The van der Waals surface area contributed by atoms with Crippen molar-refractivity contribution in [3.8, 4) is 16.9 Å². The summed E-state index contributed by atoms with van der Waals surface area (Å²) in [7, 11) is 3.67. The molecule has 2 aromatic heterocycles. The third kappa shape index (κ3) is 2.17. The number of methoxy groups -OCH3 is 1. The molecule has 0 spiro atoms. The average molecular weight is 266 g/mol. The van der Waals surface area contributed by atoms with Gasteiger partial charge in [-0.25, -0.2) is 0 Å². The van der Waals surface area contributed by atoms with Crippen LogP contribution in [0.1, 0.15) is 5.56 Å². The molecule has 1 aromatic carbocycles. The first-order valence-electron chi connectivity index (χ1n) is 6.71. The molecule has 1 N–H and O–H groups in total. The Hall–Kier alpha value is -2.26. The molecule has 0 aliphatic carbocycles. The third-order valence-electron chi connectivity index (χ3n) is 3.55.